The highest BCUT2D eigenvalue weighted by Crippen LogP contribution is 2.18. The number of carbonyl (C=O) groups is 1. The zero-order valence-electron chi connectivity index (χ0n) is 10.6. The van der Waals surface area contributed by atoms with Crippen molar-refractivity contribution >= 4 is 17.5 Å². The van der Waals surface area contributed by atoms with Crippen LogP contribution in [0.1, 0.15) is 24.5 Å². The Morgan fingerprint density at radius 3 is 2.94 bits per heavy atom. The molecular formula is C13H17N3O2. The zero-order valence-corrected chi connectivity index (χ0v) is 10.6. The maximum atomic E-state index is 11.4. The van der Waals surface area contributed by atoms with Crippen LogP contribution < -0.4 is 5.73 Å². The van der Waals surface area contributed by atoms with Gasteiger partial charge in [-0.15, -0.1) is 0 Å². The Hall–Kier alpha value is -2.04. The Morgan fingerprint density at radius 2 is 2.33 bits per heavy atom. The summed E-state index contributed by atoms with van der Waals surface area (Å²) in [6.07, 6.45) is 0.310. The number of cyclic esters (lactones) is 1. The smallest absolute Gasteiger partial charge is 0.430 e. The molecule has 0 radical (unpaired) electrons. The molecule has 0 atom stereocenters. The lowest BCUT2D eigenvalue weighted by Crippen LogP contribution is -2.20. The summed E-state index contributed by atoms with van der Waals surface area (Å²) in [4.78, 5) is 11.4. The SMILES string of the molecule is CC/C(=N\N1CCOC1=O)c1cc(C)ccc1N. The molecule has 1 aromatic carbocycles. The van der Waals surface area contributed by atoms with E-state index in [0.717, 1.165) is 16.8 Å². The number of benzene rings is 1. The Labute approximate surface area is 106 Å². The third-order valence-electron chi connectivity index (χ3n) is 2.84. The quantitative estimate of drug-likeness (QED) is 0.657. The van der Waals surface area contributed by atoms with Crippen LogP contribution in [-0.2, 0) is 4.74 Å². The number of aryl methyl sites for hydroxylation is 1. The molecule has 5 nitrogen and oxygen atoms in total. The molecule has 1 fully saturated rings. The summed E-state index contributed by atoms with van der Waals surface area (Å²) >= 11 is 0. The first-order valence-electron chi connectivity index (χ1n) is 6.00. The first-order chi connectivity index (χ1) is 8.61. The molecule has 96 valence electrons. The van der Waals surface area contributed by atoms with Crippen molar-refractivity contribution in [2.24, 2.45) is 5.10 Å². The fraction of sp³-hybridized carbons (Fsp3) is 0.385. The van der Waals surface area contributed by atoms with E-state index in [2.05, 4.69) is 5.10 Å². The van der Waals surface area contributed by atoms with Gasteiger partial charge in [-0.1, -0.05) is 18.6 Å². The summed E-state index contributed by atoms with van der Waals surface area (Å²) in [5.74, 6) is 0. The van der Waals surface area contributed by atoms with Crippen molar-refractivity contribution in [3.05, 3.63) is 29.3 Å². The van der Waals surface area contributed by atoms with Crippen LogP contribution in [-0.4, -0.2) is 30.0 Å². The van der Waals surface area contributed by atoms with Gasteiger partial charge >= 0.3 is 6.09 Å². The number of hydrogen-bond donors (Lipinski definition) is 1. The van der Waals surface area contributed by atoms with Gasteiger partial charge in [0.25, 0.3) is 0 Å². The van der Waals surface area contributed by atoms with Crippen molar-refractivity contribution in [2.45, 2.75) is 20.3 Å². The van der Waals surface area contributed by atoms with Gasteiger partial charge in [-0.3, -0.25) is 0 Å². The topological polar surface area (TPSA) is 67.9 Å². The number of hydrazone groups is 1. The monoisotopic (exact) mass is 247 g/mol. The molecular weight excluding hydrogens is 230 g/mol. The van der Waals surface area contributed by atoms with Crippen LogP contribution in [0.15, 0.2) is 23.3 Å². The van der Waals surface area contributed by atoms with Gasteiger partial charge in [0.05, 0.1) is 12.3 Å². The molecule has 1 saturated heterocycles. The minimum Gasteiger partial charge on any atom is -0.446 e. The van der Waals surface area contributed by atoms with Crippen LogP contribution in [0.2, 0.25) is 0 Å². The molecule has 0 aromatic heterocycles. The van der Waals surface area contributed by atoms with Crippen LogP contribution in [0, 0.1) is 6.92 Å². The standard InChI is InChI=1S/C13H17N3O2/c1-3-12(15-16-6-7-18-13(16)17)10-8-9(2)4-5-11(10)14/h4-5,8H,3,6-7,14H2,1-2H3/b15-12+. The van der Waals surface area contributed by atoms with Crippen molar-refractivity contribution in [3.63, 3.8) is 0 Å². The van der Waals surface area contributed by atoms with E-state index >= 15 is 0 Å². The summed E-state index contributed by atoms with van der Waals surface area (Å²) < 4.78 is 4.85. The van der Waals surface area contributed by atoms with Gasteiger partial charge < -0.3 is 10.5 Å². The number of amides is 1. The molecule has 0 unspecified atom stereocenters. The Bertz CT molecular complexity index is 497. The summed E-state index contributed by atoms with van der Waals surface area (Å²) in [7, 11) is 0. The average Bonchev–Trinajstić information content (AvgIpc) is 2.75. The molecule has 1 aromatic rings. The van der Waals surface area contributed by atoms with Crippen LogP contribution in [0.25, 0.3) is 0 Å². The molecule has 18 heavy (non-hydrogen) atoms. The largest absolute Gasteiger partial charge is 0.446 e. The summed E-state index contributed by atoms with van der Waals surface area (Å²) in [6.45, 7) is 4.87. The molecule has 5 heteroatoms. The predicted molar refractivity (Wildman–Crippen MR) is 70.5 cm³/mol. The van der Waals surface area contributed by atoms with Gasteiger partial charge in [0, 0.05) is 11.3 Å². The zero-order chi connectivity index (χ0) is 13.1. The molecule has 1 aliphatic heterocycles. The fourth-order valence-corrected chi connectivity index (χ4v) is 1.86. The molecule has 2 rings (SSSR count). The number of ether oxygens (including phenoxy) is 1. The number of carbonyl (C=O) groups excluding carboxylic acids is 1. The Kier molecular flexibility index (Phi) is 3.50. The van der Waals surface area contributed by atoms with Crippen molar-refractivity contribution in [2.75, 3.05) is 18.9 Å². The second kappa shape index (κ2) is 5.08. The molecule has 0 bridgehead atoms. The number of anilines is 1. The second-order valence-corrected chi connectivity index (χ2v) is 4.23. The molecule has 1 aliphatic rings. The van der Waals surface area contributed by atoms with E-state index < -0.39 is 6.09 Å². The summed E-state index contributed by atoms with van der Waals surface area (Å²) in [5, 5.41) is 5.69. The number of rotatable bonds is 3. The Balaban J connectivity index is 2.35. The van der Waals surface area contributed by atoms with Crippen molar-refractivity contribution in [3.8, 4) is 0 Å². The molecule has 0 saturated carbocycles. The fourth-order valence-electron chi connectivity index (χ4n) is 1.86. The number of nitrogens with zero attached hydrogens (tertiary/aromatic N) is 2. The van der Waals surface area contributed by atoms with Gasteiger partial charge in [0.1, 0.15) is 6.61 Å². The molecule has 1 amide bonds. The highest BCUT2D eigenvalue weighted by molar-refractivity contribution is 6.05. The lowest BCUT2D eigenvalue weighted by molar-refractivity contribution is 0.159. The molecule has 0 spiro atoms. The van der Waals surface area contributed by atoms with Crippen LogP contribution in [0.3, 0.4) is 0 Å². The van der Waals surface area contributed by atoms with Crippen LogP contribution >= 0.6 is 0 Å². The minimum absolute atomic E-state index is 0.391. The van der Waals surface area contributed by atoms with E-state index in [0.29, 0.717) is 25.3 Å². The highest BCUT2D eigenvalue weighted by atomic mass is 16.6. The Morgan fingerprint density at radius 1 is 1.56 bits per heavy atom. The molecule has 2 N–H and O–H groups in total. The van der Waals surface area contributed by atoms with E-state index in [4.69, 9.17) is 10.5 Å². The van der Waals surface area contributed by atoms with E-state index in [-0.39, 0.29) is 0 Å². The average molecular weight is 247 g/mol. The second-order valence-electron chi connectivity index (χ2n) is 4.23. The van der Waals surface area contributed by atoms with E-state index in [9.17, 15) is 4.79 Å². The normalized spacial score (nSPS) is 16.0. The van der Waals surface area contributed by atoms with Gasteiger partial charge in [-0.05, 0) is 25.5 Å². The summed E-state index contributed by atoms with van der Waals surface area (Å²) in [5.41, 5.74) is 9.44. The van der Waals surface area contributed by atoms with Crippen LogP contribution in [0.5, 0.6) is 0 Å². The summed E-state index contributed by atoms with van der Waals surface area (Å²) in [6, 6.07) is 5.80. The van der Waals surface area contributed by atoms with Gasteiger partial charge in [0.2, 0.25) is 0 Å². The van der Waals surface area contributed by atoms with Gasteiger partial charge in [-0.25, -0.2) is 4.79 Å². The highest BCUT2D eigenvalue weighted by Gasteiger charge is 2.22. The first-order valence-corrected chi connectivity index (χ1v) is 6.00. The van der Waals surface area contributed by atoms with Gasteiger partial charge in [0.15, 0.2) is 0 Å². The maximum Gasteiger partial charge on any atom is 0.430 e. The van der Waals surface area contributed by atoms with Crippen molar-refractivity contribution in [1.82, 2.24) is 5.01 Å². The van der Waals surface area contributed by atoms with E-state index in [1.807, 2.05) is 32.0 Å². The maximum absolute atomic E-state index is 11.4. The van der Waals surface area contributed by atoms with Crippen molar-refractivity contribution in [1.29, 1.82) is 0 Å². The third kappa shape index (κ3) is 2.45. The predicted octanol–water partition coefficient (Wildman–Crippen LogP) is 2.14. The number of hydrogen-bond acceptors (Lipinski definition) is 4. The molecule has 1 heterocycles. The van der Waals surface area contributed by atoms with Crippen molar-refractivity contribution < 1.29 is 9.53 Å². The lowest BCUT2D eigenvalue weighted by atomic mass is 10.0. The molecule has 0 aliphatic carbocycles. The number of nitrogen functional groups attached to an aromatic ring is 1. The lowest BCUT2D eigenvalue weighted by Gasteiger charge is -2.12. The van der Waals surface area contributed by atoms with E-state index in [1.54, 1.807) is 0 Å². The van der Waals surface area contributed by atoms with E-state index in [1.165, 1.54) is 5.01 Å². The van der Waals surface area contributed by atoms with Gasteiger partial charge in [-0.2, -0.15) is 10.1 Å². The number of nitrogens with two attached hydrogens (primary N) is 1. The third-order valence-corrected chi connectivity index (χ3v) is 2.84. The minimum atomic E-state index is -0.396. The first kappa shape index (κ1) is 12.4. The van der Waals surface area contributed by atoms with Crippen LogP contribution in [0.4, 0.5) is 10.5 Å².